The Morgan fingerprint density at radius 1 is 0.533 bits per heavy atom. The van der Waals surface area contributed by atoms with Crippen molar-refractivity contribution in [3.63, 3.8) is 0 Å². The lowest BCUT2D eigenvalue weighted by atomic mass is 9.61. The van der Waals surface area contributed by atoms with Crippen molar-refractivity contribution in [1.29, 1.82) is 0 Å². The second-order valence-electron chi connectivity index (χ2n) is 8.08. The summed E-state index contributed by atoms with van der Waals surface area (Å²) in [5.74, 6) is 0. The maximum absolute atomic E-state index is 2.49. The molecule has 3 heteroatoms. The zero-order valence-electron chi connectivity index (χ0n) is 17.7. The van der Waals surface area contributed by atoms with Crippen molar-refractivity contribution in [3.05, 3.63) is 114 Å². The number of rotatable bonds is 3. The Labute approximate surface area is 179 Å². The Kier molecular flexibility index (Phi) is 4.59. The topological polar surface area (TPSA) is 6.48 Å². The van der Waals surface area contributed by atoms with Crippen molar-refractivity contribution >= 4 is 35.2 Å². The average Bonchev–Trinajstić information content (AvgIpc) is 3.08. The van der Waals surface area contributed by atoms with Crippen LogP contribution in [0.1, 0.15) is 16.7 Å². The minimum Gasteiger partial charge on any atom is -0.360 e. The molecule has 0 radical (unpaired) electrons. The zero-order chi connectivity index (χ0) is 20.7. The highest BCUT2D eigenvalue weighted by atomic mass is 15.3. The lowest BCUT2D eigenvalue weighted by Crippen LogP contribution is -2.54. The van der Waals surface area contributed by atoms with Crippen LogP contribution in [0.5, 0.6) is 0 Å². The van der Waals surface area contributed by atoms with E-state index in [0.29, 0.717) is 0 Å². The highest BCUT2D eigenvalue weighted by molar-refractivity contribution is 6.85. The summed E-state index contributed by atoms with van der Waals surface area (Å²) in [6.07, 6.45) is 0. The molecule has 0 spiro atoms. The van der Waals surface area contributed by atoms with Gasteiger partial charge >= 0.3 is 6.98 Å². The van der Waals surface area contributed by atoms with Crippen LogP contribution >= 0.6 is 0 Å². The fourth-order valence-corrected chi connectivity index (χ4v) is 4.64. The van der Waals surface area contributed by atoms with Crippen LogP contribution in [0.15, 0.2) is 97.1 Å². The van der Waals surface area contributed by atoms with E-state index in [2.05, 4.69) is 127 Å². The van der Waals surface area contributed by atoms with E-state index < -0.39 is 0 Å². The number of para-hydroxylation sites is 2. The molecule has 4 aromatic rings. The van der Waals surface area contributed by atoms with E-state index in [1.807, 2.05) is 0 Å². The van der Waals surface area contributed by atoms with E-state index in [1.165, 1.54) is 44.9 Å². The number of aryl methyl sites for hydroxylation is 3. The van der Waals surface area contributed by atoms with Gasteiger partial charge < -0.3 is 9.62 Å². The third-order valence-electron chi connectivity index (χ3n) is 6.01. The molecule has 0 N–H and O–H groups in total. The van der Waals surface area contributed by atoms with Crippen LogP contribution in [0, 0.1) is 20.8 Å². The molecule has 0 aromatic heterocycles. The summed E-state index contributed by atoms with van der Waals surface area (Å²) in [6.45, 7) is 6.67. The van der Waals surface area contributed by atoms with E-state index in [4.69, 9.17) is 0 Å². The zero-order valence-corrected chi connectivity index (χ0v) is 17.7. The fourth-order valence-electron chi connectivity index (χ4n) is 4.64. The van der Waals surface area contributed by atoms with Crippen molar-refractivity contribution < 1.29 is 0 Å². The Hall–Kier alpha value is -3.46. The molecule has 0 amide bonds. The van der Waals surface area contributed by atoms with Gasteiger partial charge in [0.25, 0.3) is 0 Å². The van der Waals surface area contributed by atoms with E-state index in [9.17, 15) is 0 Å². The van der Waals surface area contributed by atoms with E-state index >= 15 is 0 Å². The molecular formula is C27H25BN2. The lowest BCUT2D eigenvalue weighted by Gasteiger charge is -2.32. The molecule has 1 heterocycles. The van der Waals surface area contributed by atoms with E-state index in [0.717, 1.165) is 0 Å². The molecule has 4 aromatic carbocycles. The van der Waals surface area contributed by atoms with Crippen LogP contribution in [-0.4, -0.2) is 6.98 Å². The van der Waals surface area contributed by atoms with Crippen LogP contribution in [0.3, 0.4) is 0 Å². The summed E-state index contributed by atoms with van der Waals surface area (Å²) < 4.78 is 0. The van der Waals surface area contributed by atoms with Crippen LogP contribution < -0.4 is 15.1 Å². The van der Waals surface area contributed by atoms with Gasteiger partial charge in [-0.15, -0.1) is 0 Å². The number of hydrogen-bond donors (Lipinski definition) is 0. The summed E-state index contributed by atoms with van der Waals surface area (Å²) in [5.41, 5.74) is 10.1. The Morgan fingerprint density at radius 3 is 1.63 bits per heavy atom. The molecule has 0 unspecified atom stereocenters. The van der Waals surface area contributed by atoms with Gasteiger partial charge in [0.1, 0.15) is 0 Å². The minimum absolute atomic E-state index is 0.0489. The van der Waals surface area contributed by atoms with Crippen LogP contribution in [0.25, 0.3) is 0 Å². The highest BCUT2D eigenvalue weighted by Gasteiger charge is 2.44. The summed E-state index contributed by atoms with van der Waals surface area (Å²) in [4.78, 5) is 4.97. The second-order valence-corrected chi connectivity index (χ2v) is 8.08. The number of fused-ring (bicyclic) bond motifs is 1. The molecule has 0 aliphatic carbocycles. The van der Waals surface area contributed by atoms with Gasteiger partial charge in [0, 0.05) is 11.4 Å². The predicted octanol–water partition coefficient (Wildman–Crippen LogP) is 6.30. The molecule has 0 fully saturated rings. The molecule has 0 saturated carbocycles. The summed E-state index contributed by atoms with van der Waals surface area (Å²) >= 11 is 0. The van der Waals surface area contributed by atoms with Crippen LogP contribution in [0.4, 0.5) is 22.7 Å². The van der Waals surface area contributed by atoms with Gasteiger partial charge in [0.2, 0.25) is 0 Å². The second kappa shape index (κ2) is 7.42. The SMILES string of the molecule is Cc1ccc2c(c1)N(c1ccccc1)B(c1c(C)cccc1C)N2c1ccccc1. The maximum Gasteiger partial charge on any atom is 0.421 e. The van der Waals surface area contributed by atoms with Crippen molar-refractivity contribution in [1.82, 2.24) is 0 Å². The normalized spacial score (nSPS) is 13.0. The van der Waals surface area contributed by atoms with Crippen molar-refractivity contribution in [3.8, 4) is 0 Å². The first kappa shape index (κ1) is 18.6. The largest absolute Gasteiger partial charge is 0.421 e. The van der Waals surface area contributed by atoms with Gasteiger partial charge in [-0.1, -0.05) is 71.8 Å². The summed E-state index contributed by atoms with van der Waals surface area (Å²) in [6, 6.07) is 34.9. The molecule has 1 aliphatic rings. The van der Waals surface area contributed by atoms with Gasteiger partial charge in [-0.3, -0.25) is 0 Å². The fraction of sp³-hybridized carbons (Fsp3) is 0.111. The van der Waals surface area contributed by atoms with Crippen molar-refractivity contribution in [2.75, 3.05) is 9.62 Å². The summed E-state index contributed by atoms with van der Waals surface area (Å²) in [7, 11) is 0. The van der Waals surface area contributed by atoms with E-state index in [1.54, 1.807) is 0 Å². The number of hydrogen-bond acceptors (Lipinski definition) is 2. The van der Waals surface area contributed by atoms with Crippen LogP contribution in [-0.2, 0) is 0 Å². The molecule has 0 atom stereocenters. The first-order valence-electron chi connectivity index (χ1n) is 10.5. The molecule has 2 nitrogen and oxygen atoms in total. The first-order valence-corrected chi connectivity index (χ1v) is 10.5. The van der Waals surface area contributed by atoms with Gasteiger partial charge in [-0.05, 0) is 68.2 Å². The standard InChI is InChI=1S/C27H25BN2/c1-20-17-18-25-26(19-20)30(24-15-8-5-9-16-24)28(27-21(2)11-10-12-22(27)3)29(25)23-13-6-4-7-14-23/h4-19H,1-3H3. The number of anilines is 4. The summed E-state index contributed by atoms with van der Waals surface area (Å²) in [5, 5.41) is 0. The van der Waals surface area contributed by atoms with Crippen LogP contribution in [0.2, 0.25) is 0 Å². The Bertz CT molecular complexity index is 1170. The number of benzene rings is 4. The molecule has 146 valence electrons. The predicted molar refractivity (Wildman–Crippen MR) is 130 cm³/mol. The van der Waals surface area contributed by atoms with Gasteiger partial charge in [-0.25, -0.2) is 0 Å². The molecule has 0 bridgehead atoms. The Morgan fingerprint density at radius 2 is 1.07 bits per heavy atom. The number of nitrogens with zero attached hydrogens (tertiary/aromatic N) is 2. The van der Waals surface area contributed by atoms with Gasteiger partial charge in [0.15, 0.2) is 0 Å². The van der Waals surface area contributed by atoms with E-state index in [-0.39, 0.29) is 6.98 Å². The molecular weight excluding hydrogens is 363 g/mol. The van der Waals surface area contributed by atoms with Gasteiger partial charge in [0.05, 0.1) is 11.4 Å². The average molecular weight is 388 g/mol. The van der Waals surface area contributed by atoms with Crippen molar-refractivity contribution in [2.45, 2.75) is 20.8 Å². The molecule has 0 saturated heterocycles. The van der Waals surface area contributed by atoms with Crippen molar-refractivity contribution in [2.24, 2.45) is 0 Å². The third-order valence-corrected chi connectivity index (χ3v) is 6.01. The van der Waals surface area contributed by atoms with Gasteiger partial charge in [-0.2, -0.15) is 0 Å². The smallest absolute Gasteiger partial charge is 0.360 e. The minimum atomic E-state index is 0.0489. The molecule has 5 rings (SSSR count). The highest BCUT2D eigenvalue weighted by Crippen LogP contribution is 2.46. The first-order chi connectivity index (χ1) is 14.6. The molecule has 30 heavy (non-hydrogen) atoms. The Balaban J connectivity index is 1.83. The monoisotopic (exact) mass is 388 g/mol. The lowest BCUT2D eigenvalue weighted by molar-refractivity contribution is 1.35. The third kappa shape index (κ3) is 2.98. The maximum atomic E-state index is 2.49. The molecule has 1 aliphatic heterocycles. The quantitative estimate of drug-likeness (QED) is 0.380.